The molecule has 3 heterocycles. The molecule has 0 amide bonds. The zero-order valence-corrected chi connectivity index (χ0v) is 20.0. The molecule has 2 aromatic heterocycles. The highest BCUT2D eigenvalue weighted by atomic mass is 35.5. The molecule has 3 aromatic rings. The molecule has 11 heteroatoms. The van der Waals surface area contributed by atoms with Crippen LogP contribution in [0.15, 0.2) is 28.7 Å². The maximum Gasteiger partial charge on any atom is 0.288 e. The van der Waals surface area contributed by atoms with E-state index in [1.807, 2.05) is 43.8 Å². The van der Waals surface area contributed by atoms with Gasteiger partial charge in [-0.25, -0.2) is 13.1 Å². The molecule has 1 aliphatic rings. The second-order valence-electron chi connectivity index (χ2n) is 7.96. The first-order chi connectivity index (χ1) is 14.6. The standard InChI is InChI=1S/C20H24ClN5O3S2/c1-13-17(14(2)26(22-13)15-8-9-31(27,28)11-15)10-24(3)12-25-20(30)29-19(23-25)16-6-4-5-7-18(16)21/h4-7,15H,8-12H2,1-3H3. The molecule has 1 unspecified atom stereocenters. The third kappa shape index (κ3) is 4.62. The summed E-state index contributed by atoms with van der Waals surface area (Å²) in [6.07, 6.45) is 0.610. The molecule has 166 valence electrons. The van der Waals surface area contributed by atoms with Crippen molar-refractivity contribution in [1.82, 2.24) is 24.5 Å². The van der Waals surface area contributed by atoms with Crippen molar-refractivity contribution in [3.8, 4) is 11.5 Å². The Labute approximate surface area is 191 Å². The van der Waals surface area contributed by atoms with E-state index in [2.05, 4.69) is 15.1 Å². The van der Waals surface area contributed by atoms with E-state index in [9.17, 15) is 8.42 Å². The van der Waals surface area contributed by atoms with Gasteiger partial charge in [-0.1, -0.05) is 23.7 Å². The fourth-order valence-corrected chi connectivity index (χ4v) is 6.02. The molecule has 31 heavy (non-hydrogen) atoms. The normalized spacial score (nSPS) is 18.2. The largest absolute Gasteiger partial charge is 0.409 e. The van der Waals surface area contributed by atoms with E-state index in [0.29, 0.717) is 36.1 Å². The fourth-order valence-electron chi connectivity index (χ4n) is 3.94. The quantitative estimate of drug-likeness (QED) is 0.495. The minimum absolute atomic E-state index is 0.0925. The first-order valence-corrected chi connectivity index (χ1v) is 12.5. The van der Waals surface area contributed by atoms with Gasteiger partial charge >= 0.3 is 0 Å². The van der Waals surface area contributed by atoms with E-state index in [-0.39, 0.29) is 22.4 Å². The first-order valence-electron chi connectivity index (χ1n) is 9.91. The highest BCUT2D eigenvalue weighted by molar-refractivity contribution is 7.91. The lowest BCUT2D eigenvalue weighted by molar-refractivity contribution is 0.239. The number of aryl methyl sites for hydroxylation is 1. The van der Waals surface area contributed by atoms with Crippen LogP contribution < -0.4 is 0 Å². The van der Waals surface area contributed by atoms with Gasteiger partial charge in [-0.15, -0.1) is 5.10 Å². The lowest BCUT2D eigenvalue weighted by Crippen LogP contribution is -2.23. The summed E-state index contributed by atoms with van der Waals surface area (Å²) in [4.78, 5) is 2.32. The highest BCUT2D eigenvalue weighted by Crippen LogP contribution is 2.28. The van der Waals surface area contributed by atoms with Crippen LogP contribution in [-0.2, 0) is 23.1 Å². The second-order valence-corrected chi connectivity index (χ2v) is 10.9. The van der Waals surface area contributed by atoms with Crippen molar-refractivity contribution in [2.24, 2.45) is 0 Å². The molecule has 1 atom stereocenters. The molecule has 1 fully saturated rings. The Bertz CT molecular complexity index is 1280. The summed E-state index contributed by atoms with van der Waals surface area (Å²) >= 11 is 11.6. The van der Waals surface area contributed by atoms with Crippen LogP contribution in [0.3, 0.4) is 0 Å². The molecule has 0 radical (unpaired) electrons. The van der Waals surface area contributed by atoms with Crippen LogP contribution in [0.5, 0.6) is 0 Å². The van der Waals surface area contributed by atoms with Crippen LogP contribution in [-0.4, -0.2) is 51.4 Å². The van der Waals surface area contributed by atoms with Crippen molar-refractivity contribution in [2.75, 3.05) is 18.6 Å². The molecule has 1 saturated heterocycles. The number of sulfone groups is 1. The third-order valence-corrected chi connectivity index (χ3v) is 7.92. The Hall–Kier alpha value is -2.01. The van der Waals surface area contributed by atoms with E-state index >= 15 is 0 Å². The number of rotatable bonds is 6. The van der Waals surface area contributed by atoms with Crippen LogP contribution >= 0.6 is 23.8 Å². The van der Waals surface area contributed by atoms with Crippen LogP contribution in [0, 0.1) is 18.7 Å². The number of aromatic nitrogens is 4. The Balaban J connectivity index is 1.51. The molecule has 0 saturated carbocycles. The SMILES string of the molecule is Cc1nn(C2CCS(=O)(=O)C2)c(C)c1CN(C)Cn1nc(-c2ccccc2Cl)oc1=S. The Morgan fingerprint density at radius 3 is 2.71 bits per heavy atom. The summed E-state index contributed by atoms with van der Waals surface area (Å²) in [7, 11) is -1.01. The fraction of sp³-hybridized carbons (Fsp3) is 0.450. The molecule has 1 aromatic carbocycles. The van der Waals surface area contributed by atoms with Crippen molar-refractivity contribution < 1.29 is 12.8 Å². The minimum Gasteiger partial charge on any atom is -0.409 e. The number of benzene rings is 1. The summed E-state index contributed by atoms with van der Waals surface area (Å²) in [5.74, 6) is 0.763. The van der Waals surface area contributed by atoms with Crippen molar-refractivity contribution in [2.45, 2.75) is 39.5 Å². The summed E-state index contributed by atoms with van der Waals surface area (Å²) < 4.78 is 32.9. The van der Waals surface area contributed by atoms with Gasteiger partial charge in [-0.05, 0) is 51.7 Å². The van der Waals surface area contributed by atoms with Gasteiger partial charge in [0, 0.05) is 17.8 Å². The maximum atomic E-state index is 11.9. The number of hydrogen-bond acceptors (Lipinski definition) is 7. The molecule has 0 N–H and O–H groups in total. The van der Waals surface area contributed by atoms with E-state index in [0.717, 1.165) is 17.0 Å². The third-order valence-electron chi connectivity index (χ3n) is 5.54. The summed E-state index contributed by atoms with van der Waals surface area (Å²) in [6.45, 7) is 4.99. The Morgan fingerprint density at radius 2 is 2.03 bits per heavy atom. The lowest BCUT2D eigenvalue weighted by atomic mass is 10.2. The topological polar surface area (TPSA) is 86.2 Å². The molecule has 4 rings (SSSR count). The number of halogens is 1. The average Bonchev–Trinajstić information content (AvgIpc) is 3.33. The van der Waals surface area contributed by atoms with E-state index in [4.69, 9.17) is 28.2 Å². The number of nitrogens with zero attached hydrogens (tertiary/aromatic N) is 5. The smallest absolute Gasteiger partial charge is 0.288 e. The maximum absolute atomic E-state index is 11.9. The number of hydrogen-bond donors (Lipinski definition) is 0. The van der Waals surface area contributed by atoms with E-state index in [1.165, 1.54) is 0 Å². The molecule has 8 nitrogen and oxygen atoms in total. The zero-order chi connectivity index (χ0) is 22.3. The predicted octanol–water partition coefficient (Wildman–Crippen LogP) is 3.79. The summed E-state index contributed by atoms with van der Waals surface area (Å²) in [6, 6.07) is 7.23. The van der Waals surface area contributed by atoms with Gasteiger partial charge in [0.2, 0.25) is 5.89 Å². The van der Waals surface area contributed by atoms with Crippen molar-refractivity contribution in [3.63, 3.8) is 0 Å². The van der Waals surface area contributed by atoms with Crippen LogP contribution in [0.2, 0.25) is 5.02 Å². The van der Waals surface area contributed by atoms with E-state index < -0.39 is 9.84 Å². The summed E-state index contributed by atoms with van der Waals surface area (Å²) in [5.41, 5.74) is 3.66. The minimum atomic E-state index is -2.97. The first kappa shape index (κ1) is 22.2. The zero-order valence-electron chi connectivity index (χ0n) is 17.6. The van der Waals surface area contributed by atoms with Gasteiger partial charge < -0.3 is 4.42 Å². The van der Waals surface area contributed by atoms with Gasteiger partial charge in [0.1, 0.15) is 0 Å². The van der Waals surface area contributed by atoms with Crippen LogP contribution in [0.25, 0.3) is 11.5 Å². The molecule has 0 bridgehead atoms. The average molecular weight is 482 g/mol. The van der Waals surface area contributed by atoms with Gasteiger partial charge in [0.15, 0.2) is 9.84 Å². The summed E-state index contributed by atoms with van der Waals surface area (Å²) in [5, 5.41) is 9.67. The van der Waals surface area contributed by atoms with Gasteiger partial charge in [0.25, 0.3) is 4.84 Å². The van der Waals surface area contributed by atoms with Crippen molar-refractivity contribution in [3.05, 3.63) is 51.1 Å². The van der Waals surface area contributed by atoms with Crippen LogP contribution in [0.4, 0.5) is 0 Å². The molecular formula is C20H24ClN5O3S2. The van der Waals surface area contributed by atoms with Crippen LogP contribution in [0.1, 0.15) is 29.4 Å². The highest BCUT2D eigenvalue weighted by Gasteiger charge is 2.31. The van der Waals surface area contributed by atoms with E-state index in [1.54, 1.807) is 10.7 Å². The van der Waals surface area contributed by atoms with Gasteiger partial charge in [-0.3, -0.25) is 9.58 Å². The molecular weight excluding hydrogens is 458 g/mol. The van der Waals surface area contributed by atoms with Crippen molar-refractivity contribution in [1.29, 1.82) is 0 Å². The second kappa shape index (κ2) is 8.50. The lowest BCUT2D eigenvalue weighted by Gasteiger charge is -2.17. The molecule has 0 spiro atoms. The molecule has 0 aliphatic carbocycles. The van der Waals surface area contributed by atoms with Gasteiger partial charge in [0.05, 0.1) is 40.5 Å². The molecule has 1 aliphatic heterocycles. The Kier molecular flexibility index (Phi) is 6.08. The monoisotopic (exact) mass is 481 g/mol. The van der Waals surface area contributed by atoms with Gasteiger partial charge in [-0.2, -0.15) is 5.10 Å². The Morgan fingerprint density at radius 1 is 1.29 bits per heavy atom. The van der Waals surface area contributed by atoms with Crippen molar-refractivity contribution >= 4 is 33.7 Å². The predicted molar refractivity (Wildman–Crippen MR) is 121 cm³/mol.